The highest BCUT2D eigenvalue weighted by molar-refractivity contribution is 7.71. The molecule has 2 aromatic carbocycles. The molecule has 0 aliphatic rings. The van der Waals surface area contributed by atoms with E-state index in [0.29, 0.717) is 17.1 Å². The number of nitrogens with zero attached hydrogens (tertiary/aromatic N) is 2. The molecule has 0 saturated heterocycles. The number of carbonyl (C=O) groups excluding carboxylic acids is 1. The van der Waals surface area contributed by atoms with Crippen molar-refractivity contribution in [3.05, 3.63) is 81.9 Å². The van der Waals surface area contributed by atoms with E-state index >= 15 is 0 Å². The Morgan fingerprint density at radius 3 is 2.70 bits per heavy atom. The first-order valence-corrected chi connectivity index (χ1v) is 8.77. The van der Waals surface area contributed by atoms with Crippen LogP contribution in [0.4, 0.5) is 8.78 Å². The van der Waals surface area contributed by atoms with Gasteiger partial charge in [0, 0.05) is 11.6 Å². The van der Waals surface area contributed by atoms with E-state index in [9.17, 15) is 13.6 Å². The van der Waals surface area contributed by atoms with Crippen LogP contribution in [-0.4, -0.2) is 20.7 Å². The summed E-state index contributed by atoms with van der Waals surface area (Å²) >= 11 is 5.25. The minimum atomic E-state index is -0.699. The number of carbonyl (C=O) groups is 1. The zero-order valence-electron chi connectivity index (χ0n) is 14.6. The minimum absolute atomic E-state index is 0.0207. The summed E-state index contributed by atoms with van der Waals surface area (Å²) in [6, 6.07) is 12.3. The van der Waals surface area contributed by atoms with Gasteiger partial charge in [0.2, 0.25) is 5.91 Å². The topological polar surface area (TPSA) is 62.7 Å². The smallest absolute Gasteiger partial charge is 0.228 e. The van der Waals surface area contributed by atoms with Gasteiger partial charge in [-0.05, 0) is 30.8 Å². The van der Waals surface area contributed by atoms with Crippen molar-refractivity contribution in [2.24, 2.45) is 0 Å². The largest absolute Gasteiger partial charge is 0.349 e. The van der Waals surface area contributed by atoms with Crippen LogP contribution in [0.2, 0.25) is 0 Å². The van der Waals surface area contributed by atoms with Crippen LogP contribution >= 0.6 is 12.2 Å². The predicted molar refractivity (Wildman–Crippen MR) is 99.6 cm³/mol. The van der Waals surface area contributed by atoms with Crippen molar-refractivity contribution >= 4 is 18.1 Å². The third-order valence-electron chi connectivity index (χ3n) is 4.15. The highest BCUT2D eigenvalue weighted by Crippen LogP contribution is 2.18. The first-order chi connectivity index (χ1) is 12.9. The molecule has 1 atom stereocenters. The zero-order valence-corrected chi connectivity index (χ0v) is 15.4. The van der Waals surface area contributed by atoms with Gasteiger partial charge >= 0.3 is 0 Å². The molecule has 1 unspecified atom stereocenters. The lowest BCUT2D eigenvalue weighted by atomic mass is 10.1. The van der Waals surface area contributed by atoms with Crippen LogP contribution in [0.5, 0.6) is 0 Å². The Hall–Kier alpha value is -2.87. The Morgan fingerprint density at radius 1 is 1.26 bits per heavy atom. The summed E-state index contributed by atoms with van der Waals surface area (Å²) in [6.45, 7) is 2.12. The first-order valence-electron chi connectivity index (χ1n) is 8.36. The van der Waals surface area contributed by atoms with E-state index in [1.54, 1.807) is 11.5 Å². The first kappa shape index (κ1) is 18.9. The van der Waals surface area contributed by atoms with Crippen LogP contribution < -0.4 is 5.32 Å². The van der Waals surface area contributed by atoms with Gasteiger partial charge in [0.1, 0.15) is 17.5 Å². The van der Waals surface area contributed by atoms with Crippen LogP contribution in [-0.2, 0) is 17.8 Å². The zero-order chi connectivity index (χ0) is 19.4. The molecule has 27 heavy (non-hydrogen) atoms. The summed E-state index contributed by atoms with van der Waals surface area (Å²) in [5.74, 6) is -1.22. The van der Waals surface area contributed by atoms with E-state index in [-0.39, 0.29) is 17.9 Å². The van der Waals surface area contributed by atoms with Crippen molar-refractivity contribution in [1.82, 2.24) is 20.1 Å². The fraction of sp³-hybridized carbons (Fsp3) is 0.211. The van der Waals surface area contributed by atoms with Crippen molar-refractivity contribution in [2.45, 2.75) is 25.9 Å². The fourth-order valence-electron chi connectivity index (χ4n) is 2.78. The molecule has 1 amide bonds. The number of amides is 1. The number of benzene rings is 2. The molecular formula is C19H18F2N4OS. The average molecular weight is 388 g/mol. The van der Waals surface area contributed by atoms with E-state index < -0.39 is 17.7 Å². The Labute approximate surface area is 160 Å². The second kappa shape index (κ2) is 8.22. The van der Waals surface area contributed by atoms with Gasteiger partial charge in [0.15, 0.2) is 4.77 Å². The van der Waals surface area contributed by atoms with Crippen LogP contribution in [0.15, 0.2) is 48.5 Å². The third-order valence-corrected chi connectivity index (χ3v) is 4.46. The number of aromatic nitrogens is 3. The van der Waals surface area contributed by atoms with Gasteiger partial charge in [-0.15, -0.1) is 0 Å². The number of rotatable bonds is 6. The van der Waals surface area contributed by atoms with Crippen molar-refractivity contribution in [1.29, 1.82) is 0 Å². The van der Waals surface area contributed by atoms with E-state index in [2.05, 4.69) is 15.5 Å². The van der Waals surface area contributed by atoms with Crippen molar-refractivity contribution in [3.8, 4) is 0 Å². The summed E-state index contributed by atoms with van der Waals surface area (Å²) in [5, 5.41) is 9.52. The summed E-state index contributed by atoms with van der Waals surface area (Å²) in [5.41, 5.74) is 1.24. The summed E-state index contributed by atoms with van der Waals surface area (Å²) in [6.07, 6.45) is -0.0207. The summed E-state index contributed by atoms with van der Waals surface area (Å²) in [7, 11) is 0. The molecule has 2 N–H and O–H groups in total. The second-order valence-electron chi connectivity index (χ2n) is 6.15. The highest BCUT2D eigenvalue weighted by atomic mass is 32.1. The number of hydrogen-bond acceptors (Lipinski definition) is 3. The monoisotopic (exact) mass is 388 g/mol. The number of aromatic amines is 1. The number of halogens is 2. The molecule has 0 bridgehead atoms. The van der Waals surface area contributed by atoms with E-state index in [1.165, 1.54) is 6.07 Å². The molecule has 0 radical (unpaired) electrons. The average Bonchev–Trinajstić information content (AvgIpc) is 2.95. The molecule has 0 aliphatic heterocycles. The highest BCUT2D eigenvalue weighted by Gasteiger charge is 2.17. The van der Waals surface area contributed by atoms with Gasteiger partial charge in [0.25, 0.3) is 0 Å². The molecule has 0 spiro atoms. The second-order valence-corrected chi connectivity index (χ2v) is 6.54. The normalized spacial score (nSPS) is 12.0. The van der Waals surface area contributed by atoms with Crippen LogP contribution in [0.1, 0.15) is 29.9 Å². The molecule has 3 rings (SSSR count). The minimum Gasteiger partial charge on any atom is -0.349 e. The van der Waals surface area contributed by atoms with Crippen molar-refractivity contribution in [2.75, 3.05) is 0 Å². The maximum atomic E-state index is 13.9. The summed E-state index contributed by atoms with van der Waals surface area (Å²) in [4.78, 5) is 12.4. The molecule has 1 aromatic heterocycles. The Kier molecular flexibility index (Phi) is 5.75. The molecule has 3 aromatic rings. The number of hydrogen-bond donors (Lipinski definition) is 2. The number of nitrogens with one attached hydrogen (secondary N) is 2. The Bertz CT molecular complexity index is 1000. The summed E-state index contributed by atoms with van der Waals surface area (Å²) < 4.78 is 29.1. The van der Waals surface area contributed by atoms with Gasteiger partial charge in [0.05, 0.1) is 19.0 Å². The maximum Gasteiger partial charge on any atom is 0.228 e. The molecule has 8 heteroatoms. The quantitative estimate of drug-likeness (QED) is 0.633. The van der Waals surface area contributed by atoms with Gasteiger partial charge < -0.3 is 5.32 Å². The van der Waals surface area contributed by atoms with E-state index in [4.69, 9.17) is 12.2 Å². The van der Waals surface area contributed by atoms with Gasteiger partial charge in [-0.1, -0.05) is 36.4 Å². The van der Waals surface area contributed by atoms with Crippen LogP contribution in [0.25, 0.3) is 0 Å². The van der Waals surface area contributed by atoms with E-state index in [1.807, 2.05) is 30.3 Å². The molecule has 0 aliphatic carbocycles. The van der Waals surface area contributed by atoms with Crippen molar-refractivity contribution in [3.63, 3.8) is 0 Å². The molecular weight excluding hydrogens is 370 g/mol. The van der Waals surface area contributed by atoms with Crippen molar-refractivity contribution < 1.29 is 13.6 Å². The standard InChI is InChI=1S/C19H18F2N4OS/c1-12(15-8-7-14(20)9-16(15)21)22-18(26)10-17-23-24-19(27)25(17)11-13-5-3-2-4-6-13/h2-9,12H,10-11H2,1H3,(H,22,26)(H,24,27). The molecule has 1 heterocycles. The SMILES string of the molecule is CC(NC(=O)Cc1n[nH]c(=S)n1Cc1ccccc1)c1ccc(F)cc1F. The van der Waals surface area contributed by atoms with Crippen LogP contribution in [0, 0.1) is 16.4 Å². The lowest BCUT2D eigenvalue weighted by molar-refractivity contribution is -0.121. The molecule has 140 valence electrons. The maximum absolute atomic E-state index is 13.9. The molecule has 0 fully saturated rings. The van der Waals surface area contributed by atoms with Gasteiger partial charge in [-0.25, -0.2) is 8.78 Å². The molecule has 5 nitrogen and oxygen atoms in total. The van der Waals surface area contributed by atoms with E-state index in [0.717, 1.165) is 17.7 Å². The Morgan fingerprint density at radius 2 is 2.00 bits per heavy atom. The lowest BCUT2D eigenvalue weighted by Gasteiger charge is -2.15. The number of H-pyrrole nitrogens is 1. The molecule has 0 saturated carbocycles. The third kappa shape index (κ3) is 4.65. The lowest BCUT2D eigenvalue weighted by Crippen LogP contribution is -2.29. The Balaban J connectivity index is 1.70. The predicted octanol–water partition coefficient (Wildman–Crippen LogP) is 3.69. The van der Waals surface area contributed by atoms with Gasteiger partial charge in [-0.3, -0.25) is 14.5 Å². The fourth-order valence-corrected chi connectivity index (χ4v) is 3.00. The van der Waals surface area contributed by atoms with Crippen LogP contribution in [0.3, 0.4) is 0 Å². The van der Waals surface area contributed by atoms with Gasteiger partial charge in [-0.2, -0.15) is 5.10 Å².